The lowest BCUT2D eigenvalue weighted by atomic mass is 9.69. The van der Waals surface area contributed by atoms with E-state index in [1.54, 1.807) is 0 Å². The minimum atomic E-state index is -4.69. The van der Waals surface area contributed by atoms with Gasteiger partial charge in [0.2, 0.25) is 5.91 Å². The molecular formula is C38H45F6N3O5S. The van der Waals surface area contributed by atoms with Gasteiger partial charge in [0.05, 0.1) is 5.56 Å². The highest BCUT2D eigenvalue weighted by Crippen LogP contribution is 2.42. The van der Waals surface area contributed by atoms with Gasteiger partial charge in [0.25, 0.3) is 5.91 Å². The second-order valence-corrected chi connectivity index (χ2v) is 14.6. The van der Waals surface area contributed by atoms with Crippen LogP contribution in [0.25, 0.3) is 0 Å². The molecule has 2 saturated heterocycles. The lowest BCUT2D eigenvalue weighted by Gasteiger charge is -2.44. The van der Waals surface area contributed by atoms with Crippen LogP contribution in [0.4, 0.5) is 26.3 Å². The molecular weight excluding hydrogens is 724 g/mol. The average Bonchev–Trinajstić information content (AvgIpc) is 3.47. The Hall–Kier alpha value is -4.14. The van der Waals surface area contributed by atoms with Crippen LogP contribution in [0.5, 0.6) is 5.75 Å². The minimum Gasteiger partial charge on any atom is -0.507 e. The van der Waals surface area contributed by atoms with Crippen LogP contribution in [0.3, 0.4) is 0 Å². The number of thiophene rings is 1. The van der Waals surface area contributed by atoms with E-state index in [1.165, 1.54) is 22.7 Å². The van der Waals surface area contributed by atoms with Crippen LogP contribution in [-0.2, 0) is 27.4 Å². The van der Waals surface area contributed by atoms with Crippen LogP contribution in [0.1, 0.15) is 97.6 Å². The van der Waals surface area contributed by atoms with Crippen LogP contribution >= 0.6 is 11.3 Å². The average molecular weight is 770 g/mol. The molecule has 2 aromatic heterocycles. The molecule has 2 aliphatic rings. The molecule has 3 aromatic rings. The smallest absolute Gasteiger partial charge is 0.425 e. The summed E-state index contributed by atoms with van der Waals surface area (Å²) >= 11 is 0.481. The number of carbonyl (C=O) groups is 3. The topological polar surface area (TPSA) is 111 Å². The van der Waals surface area contributed by atoms with Crippen LogP contribution in [-0.4, -0.2) is 69.0 Å². The zero-order chi connectivity index (χ0) is 38.8. The highest BCUT2D eigenvalue weighted by atomic mass is 32.1. The van der Waals surface area contributed by atoms with Gasteiger partial charge in [-0.2, -0.15) is 26.3 Å². The fourth-order valence-corrected chi connectivity index (χ4v) is 8.08. The van der Waals surface area contributed by atoms with Crippen molar-refractivity contribution in [3.8, 4) is 5.75 Å². The molecule has 4 heterocycles. The molecule has 0 bridgehead atoms. The first-order valence-electron chi connectivity index (χ1n) is 17.8. The van der Waals surface area contributed by atoms with Crippen molar-refractivity contribution in [1.29, 1.82) is 0 Å². The molecule has 0 radical (unpaired) electrons. The van der Waals surface area contributed by atoms with Crippen LogP contribution in [0.15, 0.2) is 60.1 Å². The van der Waals surface area contributed by atoms with Crippen molar-refractivity contribution in [3.63, 3.8) is 0 Å². The fourth-order valence-electron chi connectivity index (χ4n) is 7.45. The van der Waals surface area contributed by atoms with Gasteiger partial charge in [0.15, 0.2) is 0 Å². The summed E-state index contributed by atoms with van der Waals surface area (Å²) in [5.41, 5.74) is -0.531. The molecule has 5 rings (SSSR count). The second kappa shape index (κ2) is 18.3. The largest absolute Gasteiger partial charge is 0.507 e. The third kappa shape index (κ3) is 11.2. The number of carboxylic acids is 1. The number of likely N-dealkylation sites (tertiary alicyclic amines) is 2. The number of unbranched alkanes of at least 4 members (excludes halogenated alkanes) is 1. The number of rotatable bonds is 10. The first-order chi connectivity index (χ1) is 25.1. The van der Waals surface area contributed by atoms with Crippen molar-refractivity contribution < 1.29 is 50.9 Å². The summed E-state index contributed by atoms with van der Waals surface area (Å²) in [5.74, 6) is -2.26. The van der Waals surface area contributed by atoms with Crippen LogP contribution in [0, 0.1) is 11.8 Å². The number of carbonyl (C=O) groups excluding carboxylic acids is 2. The summed E-state index contributed by atoms with van der Waals surface area (Å²) in [7, 11) is 0. The number of nitrogens with zero attached hydrogens (tertiary/aromatic N) is 3. The molecule has 1 aromatic carbocycles. The van der Waals surface area contributed by atoms with Gasteiger partial charge in [0, 0.05) is 56.2 Å². The summed E-state index contributed by atoms with van der Waals surface area (Å²) < 4.78 is 76.0. The maximum atomic E-state index is 14.0. The number of carboxylic acid groups (broad SMARTS) is 1. The number of amides is 2. The monoisotopic (exact) mass is 769 g/mol. The normalized spacial score (nSPS) is 19.2. The molecule has 2 atom stereocenters. The predicted octanol–water partition coefficient (Wildman–Crippen LogP) is 9.05. The number of hydrogen-bond acceptors (Lipinski definition) is 6. The highest BCUT2D eigenvalue weighted by Gasteiger charge is 2.42. The Kier molecular flexibility index (Phi) is 14.3. The van der Waals surface area contributed by atoms with Gasteiger partial charge in [-0.25, -0.2) is 0 Å². The lowest BCUT2D eigenvalue weighted by Crippen LogP contribution is -2.48. The first-order valence-corrected chi connectivity index (χ1v) is 18.7. The van der Waals surface area contributed by atoms with Gasteiger partial charge >= 0.3 is 18.3 Å². The van der Waals surface area contributed by atoms with E-state index in [9.17, 15) is 40.7 Å². The van der Waals surface area contributed by atoms with Crippen molar-refractivity contribution in [2.24, 2.45) is 11.8 Å². The minimum absolute atomic E-state index is 0.0640. The molecule has 0 spiro atoms. The first kappa shape index (κ1) is 41.6. The molecule has 0 saturated carbocycles. The SMILES string of the molecule is CCCC1CN(C(=O)c2ncccc2C(F)(F)F)CCCC1C(=O)N1CCC(CCCCC(=O)O)(c2ccccc2)CC1.Oc1csc(C(F)(F)F)c1. The van der Waals surface area contributed by atoms with Gasteiger partial charge in [-0.3, -0.25) is 19.4 Å². The van der Waals surface area contributed by atoms with Gasteiger partial charge in [-0.05, 0) is 74.0 Å². The van der Waals surface area contributed by atoms with E-state index in [1.807, 2.05) is 30.0 Å². The summed E-state index contributed by atoms with van der Waals surface area (Å²) in [6.45, 7) is 3.70. The van der Waals surface area contributed by atoms with E-state index in [2.05, 4.69) is 17.1 Å². The maximum absolute atomic E-state index is 14.0. The Morgan fingerprint density at radius 3 is 2.21 bits per heavy atom. The molecule has 2 fully saturated rings. The molecule has 0 aliphatic carbocycles. The van der Waals surface area contributed by atoms with Crippen molar-refractivity contribution in [1.82, 2.24) is 14.8 Å². The summed E-state index contributed by atoms with van der Waals surface area (Å²) in [5, 5.41) is 18.6. The molecule has 8 nitrogen and oxygen atoms in total. The van der Waals surface area contributed by atoms with Crippen molar-refractivity contribution in [2.45, 2.75) is 88.9 Å². The number of halogens is 6. The molecule has 53 heavy (non-hydrogen) atoms. The Morgan fingerprint density at radius 2 is 1.64 bits per heavy atom. The molecule has 2 aliphatic heterocycles. The van der Waals surface area contributed by atoms with Crippen molar-refractivity contribution in [3.05, 3.63) is 81.8 Å². The molecule has 15 heteroatoms. The van der Waals surface area contributed by atoms with E-state index in [0.29, 0.717) is 56.2 Å². The fraction of sp³-hybridized carbons (Fsp3) is 0.526. The number of benzene rings is 1. The van der Waals surface area contributed by atoms with E-state index in [4.69, 9.17) is 10.2 Å². The van der Waals surface area contributed by atoms with Crippen molar-refractivity contribution in [2.75, 3.05) is 26.2 Å². The van der Waals surface area contributed by atoms with Gasteiger partial charge in [-0.1, -0.05) is 50.1 Å². The van der Waals surface area contributed by atoms with Gasteiger partial charge in [0.1, 0.15) is 16.3 Å². The van der Waals surface area contributed by atoms with Crippen LogP contribution in [0.2, 0.25) is 0 Å². The zero-order valence-corrected chi connectivity index (χ0v) is 30.3. The predicted molar refractivity (Wildman–Crippen MR) is 187 cm³/mol. The number of aromatic nitrogens is 1. The molecule has 290 valence electrons. The number of hydrogen-bond donors (Lipinski definition) is 2. The number of alkyl halides is 6. The van der Waals surface area contributed by atoms with E-state index >= 15 is 0 Å². The number of piperidine rings is 1. The van der Waals surface area contributed by atoms with E-state index < -0.39 is 40.4 Å². The Bertz CT molecular complexity index is 1660. The summed E-state index contributed by atoms with van der Waals surface area (Å²) in [6.07, 6.45) is -1.23. The molecule has 2 amide bonds. The summed E-state index contributed by atoms with van der Waals surface area (Å²) in [4.78, 5) is 44.8. The molecule has 2 N–H and O–H groups in total. The van der Waals surface area contributed by atoms with Crippen LogP contribution < -0.4 is 0 Å². The van der Waals surface area contributed by atoms with Crippen molar-refractivity contribution >= 4 is 29.1 Å². The number of pyridine rings is 1. The van der Waals surface area contributed by atoms with Gasteiger partial charge in [-0.15, -0.1) is 11.3 Å². The van der Waals surface area contributed by atoms with E-state index in [0.717, 1.165) is 43.6 Å². The standard InChI is InChI=1S/C33H42F3N3O4.C5H3F3OS/c1-2-10-24-23-39(31(43)29-27(33(34,35)36)14-8-19-37-29)20-9-13-26(24)30(42)38-21-17-32(18-22-38,16-7-6-15-28(40)41)25-11-4-3-5-12-25;6-5(7,8)4-1-3(9)2-10-4/h3-5,8,11-12,14,19,24,26H,2,6-7,9-10,13,15-18,20-23H2,1H3,(H,40,41);1-2,9H. The quantitative estimate of drug-likeness (QED) is 0.157. The zero-order valence-electron chi connectivity index (χ0n) is 29.5. The second-order valence-electron chi connectivity index (χ2n) is 13.7. The number of aromatic hydroxyl groups is 1. The molecule has 2 unspecified atom stereocenters. The number of aliphatic carboxylic acids is 1. The Balaban J connectivity index is 0.000000541. The third-order valence-corrected chi connectivity index (χ3v) is 11.1. The third-order valence-electron chi connectivity index (χ3n) is 10.1. The Labute approximate surface area is 308 Å². The lowest BCUT2D eigenvalue weighted by molar-refractivity contribution is -0.140. The van der Waals surface area contributed by atoms with Gasteiger partial charge < -0.3 is 20.0 Å². The highest BCUT2D eigenvalue weighted by molar-refractivity contribution is 7.10. The van der Waals surface area contributed by atoms with E-state index in [-0.39, 0.29) is 48.4 Å². The summed E-state index contributed by atoms with van der Waals surface area (Å²) in [6, 6.07) is 13.0. The Morgan fingerprint density at radius 1 is 0.943 bits per heavy atom. The maximum Gasteiger partial charge on any atom is 0.425 e.